The van der Waals surface area contributed by atoms with Crippen LogP contribution in [0.1, 0.15) is 6.92 Å². The minimum absolute atomic E-state index is 0.0461. The van der Waals surface area contributed by atoms with Crippen molar-refractivity contribution in [2.24, 2.45) is 0 Å². The van der Waals surface area contributed by atoms with Crippen LogP contribution in [0.2, 0.25) is 10.0 Å². The van der Waals surface area contributed by atoms with E-state index in [0.717, 1.165) is 0 Å². The molecule has 0 atom stereocenters. The summed E-state index contributed by atoms with van der Waals surface area (Å²) in [5.41, 5.74) is 0.306. The number of nitrogens with one attached hydrogen (secondary N) is 2. The maximum absolute atomic E-state index is 12.2. The van der Waals surface area contributed by atoms with Gasteiger partial charge in [0.25, 0.3) is 10.0 Å². The first-order chi connectivity index (χ1) is 9.92. The van der Waals surface area contributed by atoms with Crippen LogP contribution in [0, 0.1) is 0 Å². The average Bonchev–Trinajstić information content (AvgIpc) is 2.44. The topological polar surface area (TPSA) is 84.0 Å². The highest BCUT2D eigenvalue weighted by Crippen LogP contribution is 2.26. The molecule has 0 aliphatic rings. The molecule has 0 bridgehead atoms. The molecule has 112 valence electrons. The van der Waals surface area contributed by atoms with Crippen molar-refractivity contribution in [1.82, 2.24) is 9.97 Å². The second-order valence-corrected chi connectivity index (χ2v) is 6.50. The Kier molecular flexibility index (Phi) is 4.87. The lowest BCUT2D eigenvalue weighted by atomic mass is 10.3. The summed E-state index contributed by atoms with van der Waals surface area (Å²) in [4.78, 5) is 7.79. The third-order valence-corrected chi connectivity index (χ3v) is 4.52. The van der Waals surface area contributed by atoms with Crippen LogP contribution in [0.4, 0.5) is 11.6 Å². The summed E-state index contributed by atoms with van der Waals surface area (Å²) in [6, 6.07) is 4.45. The molecule has 0 saturated heterocycles. The first-order valence-electron chi connectivity index (χ1n) is 5.96. The molecule has 2 aromatic rings. The van der Waals surface area contributed by atoms with Gasteiger partial charge >= 0.3 is 0 Å². The van der Waals surface area contributed by atoms with Gasteiger partial charge in [0.1, 0.15) is 4.90 Å². The predicted molar refractivity (Wildman–Crippen MR) is 83.5 cm³/mol. The molecule has 1 aromatic carbocycles. The first kappa shape index (κ1) is 15.8. The molecule has 1 heterocycles. The summed E-state index contributed by atoms with van der Waals surface area (Å²) < 4.78 is 26.7. The molecule has 0 saturated carbocycles. The van der Waals surface area contributed by atoms with Gasteiger partial charge in [-0.05, 0) is 25.1 Å². The van der Waals surface area contributed by atoms with Crippen molar-refractivity contribution in [3.8, 4) is 0 Å². The van der Waals surface area contributed by atoms with Gasteiger partial charge in [-0.2, -0.15) is 0 Å². The lowest BCUT2D eigenvalue weighted by Crippen LogP contribution is -2.14. The molecule has 21 heavy (non-hydrogen) atoms. The van der Waals surface area contributed by atoms with Crippen molar-refractivity contribution >= 4 is 44.9 Å². The summed E-state index contributed by atoms with van der Waals surface area (Å²) in [7, 11) is -3.78. The van der Waals surface area contributed by atoms with Crippen LogP contribution in [0.3, 0.4) is 0 Å². The average molecular weight is 347 g/mol. The minimum atomic E-state index is -3.78. The molecule has 9 heteroatoms. The number of sulfonamides is 1. The van der Waals surface area contributed by atoms with Crippen molar-refractivity contribution in [3.63, 3.8) is 0 Å². The van der Waals surface area contributed by atoms with Crippen LogP contribution in [0.5, 0.6) is 0 Å². The summed E-state index contributed by atoms with van der Waals surface area (Å²) in [5.74, 6) is 0.367. The molecular formula is C12H12Cl2N4O2S. The standard InChI is InChI=1S/C12H12Cl2N4O2S/c1-2-15-12-16-6-9(7-17-12)21(19,20)18-8-3-4-10(13)11(14)5-8/h3-7,18H,2H2,1H3,(H,15,16,17). The van der Waals surface area contributed by atoms with E-state index in [1.807, 2.05) is 6.92 Å². The van der Waals surface area contributed by atoms with Gasteiger partial charge in [-0.25, -0.2) is 18.4 Å². The second kappa shape index (κ2) is 6.46. The zero-order valence-corrected chi connectivity index (χ0v) is 13.3. The monoisotopic (exact) mass is 346 g/mol. The van der Waals surface area contributed by atoms with Gasteiger partial charge < -0.3 is 5.32 Å². The van der Waals surface area contributed by atoms with Gasteiger partial charge in [0.15, 0.2) is 0 Å². The van der Waals surface area contributed by atoms with Crippen LogP contribution < -0.4 is 10.0 Å². The molecule has 0 aliphatic heterocycles. The molecule has 0 unspecified atom stereocenters. The van der Waals surface area contributed by atoms with E-state index in [1.165, 1.54) is 30.6 Å². The zero-order valence-electron chi connectivity index (χ0n) is 11.0. The Labute approximate surface area is 132 Å². The van der Waals surface area contributed by atoms with Crippen LogP contribution in [0.25, 0.3) is 0 Å². The Balaban J connectivity index is 2.23. The number of anilines is 2. The lowest BCUT2D eigenvalue weighted by molar-refractivity contribution is 0.600. The quantitative estimate of drug-likeness (QED) is 0.869. The summed E-state index contributed by atoms with van der Waals surface area (Å²) >= 11 is 11.6. The number of benzene rings is 1. The number of nitrogens with zero attached hydrogens (tertiary/aromatic N) is 2. The van der Waals surface area contributed by atoms with Crippen molar-refractivity contribution in [3.05, 3.63) is 40.6 Å². The second-order valence-electron chi connectivity index (χ2n) is 4.01. The van der Waals surface area contributed by atoms with E-state index in [4.69, 9.17) is 23.2 Å². The summed E-state index contributed by atoms with van der Waals surface area (Å²) in [6.45, 7) is 2.54. The summed E-state index contributed by atoms with van der Waals surface area (Å²) in [6.07, 6.45) is 2.45. The molecular weight excluding hydrogens is 335 g/mol. The maximum Gasteiger partial charge on any atom is 0.264 e. The van der Waals surface area contributed by atoms with Crippen molar-refractivity contribution in [2.45, 2.75) is 11.8 Å². The van der Waals surface area contributed by atoms with Gasteiger partial charge in [-0.3, -0.25) is 4.72 Å². The number of halogens is 2. The highest BCUT2D eigenvalue weighted by molar-refractivity contribution is 7.92. The van der Waals surface area contributed by atoms with Gasteiger partial charge in [0.2, 0.25) is 5.95 Å². The number of hydrogen-bond donors (Lipinski definition) is 2. The molecule has 2 N–H and O–H groups in total. The van der Waals surface area contributed by atoms with E-state index < -0.39 is 10.0 Å². The molecule has 6 nitrogen and oxygen atoms in total. The Morgan fingerprint density at radius 1 is 1.14 bits per heavy atom. The Bertz CT molecular complexity index is 735. The Morgan fingerprint density at radius 3 is 2.38 bits per heavy atom. The predicted octanol–water partition coefficient (Wildman–Crippen LogP) is 3.02. The first-order valence-corrected chi connectivity index (χ1v) is 8.20. The van der Waals surface area contributed by atoms with Crippen LogP contribution >= 0.6 is 23.2 Å². The van der Waals surface area contributed by atoms with Crippen molar-refractivity contribution in [2.75, 3.05) is 16.6 Å². The van der Waals surface area contributed by atoms with Crippen molar-refractivity contribution < 1.29 is 8.42 Å². The molecule has 0 fully saturated rings. The van der Waals surface area contributed by atoms with E-state index in [2.05, 4.69) is 20.0 Å². The van der Waals surface area contributed by atoms with E-state index in [1.54, 1.807) is 0 Å². The Morgan fingerprint density at radius 2 is 1.81 bits per heavy atom. The van der Waals surface area contributed by atoms with Gasteiger partial charge in [-0.1, -0.05) is 23.2 Å². The maximum atomic E-state index is 12.2. The van der Waals surface area contributed by atoms with Gasteiger partial charge in [-0.15, -0.1) is 0 Å². The van der Waals surface area contributed by atoms with Crippen LogP contribution in [-0.2, 0) is 10.0 Å². The molecule has 0 spiro atoms. The van der Waals surface area contributed by atoms with Crippen LogP contribution in [-0.4, -0.2) is 24.9 Å². The van der Waals surface area contributed by atoms with Crippen LogP contribution in [0.15, 0.2) is 35.5 Å². The smallest absolute Gasteiger partial charge is 0.264 e. The highest BCUT2D eigenvalue weighted by Gasteiger charge is 2.16. The number of rotatable bonds is 5. The normalized spacial score (nSPS) is 11.2. The molecule has 0 radical (unpaired) electrons. The lowest BCUT2D eigenvalue weighted by Gasteiger charge is -2.09. The fraction of sp³-hybridized carbons (Fsp3) is 0.167. The third kappa shape index (κ3) is 3.96. The molecule has 0 amide bonds. The largest absolute Gasteiger partial charge is 0.355 e. The highest BCUT2D eigenvalue weighted by atomic mass is 35.5. The third-order valence-electron chi connectivity index (χ3n) is 2.45. The molecule has 2 rings (SSSR count). The van der Waals surface area contributed by atoms with Gasteiger partial charge in [0.05, 0.1) is 28.1 Å². The van der Waals surface area contributed by atoms with Gasteiger partial charge in [0, 0.05) is 6.54 Å². The molecule has 0 aliphatic carbocycles. The van der Waals surface area contributed by atoms with Crippen molar-refractivity contribution in [1.29, 1.82) is 0 Å². The molecule has 1 aromatic heterocycles. The minimum Gasteiger partial charge on any atom is -0.355 e. The Hall–Kier alpha value is -1.57. The number of hydrogen-bond acceptors (Lipinski definition) is 5. The van der Waals surface area contributed by atoms with E-state index in [-0.39, 0.29) is 9.92 Å². The SMILES string of the molecule is CCNc1ncc(S(=O)(=O)Nc2ccc(Cl)c(Cl)c2)cn1. The summed E-state index contributed by atoms with van der Waals surface area (Å²) in [5, 5.41) is 3.49. The van der Waals surface area contributed by atoms with E-state index >= 15 is 0 Å². The van der Waals surface area contributed by atoms with E-state index in [0.29, 0.717) is 23.2 Å². The fourth-order valence-electron chi connectivity index (χ4n) is 1.48. The van der Waals surface area contributed by atoms with E-state index in [9.17, 15) is 8.42 Å². The number of aromatic nitrogens is 2. The fourth-order valence-corrected chi connectivity index (χ4v) is 2.71. The zero-order chi connectivity index (χ0) is 15.5.